The molecule has 0 aliphatic carbocycles. The zero-order valence-corrected chi connectivity index (χ0v) is 14.1. The van der Waals surface area contributed by atoms with Crippen LogP contribution in [0.3, 0.4) is 0 Å². The van der Waals surface area contributed by atoms with Gasteiger partial charge in [-0.15, -0.1) is 0 Å². The highest BCUT2D eigenvalue weighted by atomic mass is 19.4. The second kappa shape index (κ2) is 9.05. The molecule has 25 heavy (non-hydrogen) atoms. The Morgan fingerprint density at radius 1 is 1.36 bits per heavy atom. The summed E-state index contributed by atoms with van der Waals surface area (Å²) in [6.45, 7) is 2.29. The first-order valence-electron chi connectivity index (χ1n) is 8.23. The summed E-state index contributed by atoms with van der Waals surface area (Å²) in [6, 6.07) is 3.05. The lowest BCUT2D eigenvalue weighted by atomic mass is 10.0. The van der Waals surface area contributed by atoms with Crippen molar-refractivity contribution < 1.29 is 27.4 Å². The molecule has 2 N–H and O–H groups in total. The number of nitrogens with one attached hydrogen (secondary N) is 2. The number of carbonyl (C=O) groups excluding carboxylic acids is 1. The number of hydrogen-bond acceptors (Lipinski definition) is 4. The topological polar surface area (TPSA) is 59.6 Å². The molecule has 1 heterocycles. The molecular weight excluding hydrogens is 337 g/mol. The Bertz CT molecular complexity index is 573. The lowest BCUT2D eigenvalue weighted by Crippen LogP contribution is -2.17. The number of carbonyl (C=O) groups is 1. The van der Waals surface area contributed by atoms with Crippen molar-refractivity contribution in [2.75, 3.05) is 38.7 Å². The third kappa shape index (κ3) is 6.21. The van der Waals surface area contributed by atoms with Gasteiger partial charge < -0.3 is 20.1 Å². The van der Waals surface area contributed by atoms with Gasteiger partial charge in [-0.1, -0.05) is 0 Å². The number of ether oxygens (including phenoxy) is 2. The van der Waals surface area contributed by atoms with Gasteiger partial charge in [-0.2, -0.15) is 13.2 Å². The predicted octanol–water partition coefficient (Wildman–Crippen LogP) is 3.06. The van der Waals surface area contributed by atoms with E-state index in [9.17, 15) is 18.0 Å². The summed E-state index contributed by atoms with van der Waals surface area (Å²) in [5.41, 5.74) is -0.803. The molecular formula is C17H23F3N2O3. The molecule has 1 aromatic carbocycles. The Morgan fingerprint density at radius 2 is 2.16 bits per heavy atom. The fourth-order valence-corrected chi connectivity index (χ4v) is 2.67. The van der Waals surface area contributed by atoms with Crippen LogP contribution in [0.2, 0.25) is 0 Å². The second-order valence-corrected chi connectivity index (χ2v) is 6.00. The van der Waals surface area contributed by atoms with Crippen LogP contribution in [0, 0.1) is 5.92 Å². The van der Waals surface area contributed by atoms with Crippen LogP contribution in [-0.2, 0) is 15.7 Å². The first kappa shape index (κ1) is 19.5. The van der Waals surface area contributed by atoms with E-state index in [1.165, 1.54) is 13.2 Å². The first-order chi connectivity index (χ1) is 11.9. The summed E-state index contributed by atoms with van der Waals surface area (Å²) >= 11 is 0. The van der Waals surface area contributed by atoms with Crippen molar-refractivity contribution in [2.45, 2.75) is 25.4 Å². The average Bonchev–Trinajstić information content (AvgIpc) is 3.07. The van der Waals surface area contributed by atoms with Crippen molar-refractivity contribution in [3.63, 3.8) is 0 Å². The third-order valence-corrected chi connectivity index (χ3v) is 4.07. The highest BCUT2D eigenvalue weighted by Crippen LogP contribution is 2.35. The minimum Gasteiger partial charge on any atom is -0.489 e. The molecule has 0 bridgehead atoms. The van der Waals surface area contributed by atoms with Crippen molar-refractivity contribution in [3.05, 3.63) is 23.8 Å². The van der Waals surface area contributed by atoms with Gasteiger partial charge in [-0.25, -0.2) is 0 Å². The molecule has 1 aliphatic rings. The van der Waals surface area contributed by atoms with E-state index in [-0.39, 0.29) is 30.4 Å². The summed E-state index contributed by atoms with van der Waals surface area (Å²) in [5, 5.41) is 5.77. The number of benzene rings is 1. The van der Waals surface area contributed by atoms with E-state index in [1.54, 1.807) is 0 Å². The fraction of sp³-hybridized carbons (Fsp3) is 0.588. The fourth-order valence-electron chi connectivity index (χ4n) is 2.67. The van der Waals surface area contributed by atoms with Crippen LogP contribution < -0.4 is 15.4 Å². The summed E-state index contributed by atoms with van der Waals surface area (Å²) in [5.74, 6) is 0.313. The van der Waals surface area contributed by atoms with E-state index in [2.05, 4.69) is 10.6 Å². The van der Waals surface area contributed by atoms with Crippen molar-refractivity contribution in [2.24, 2.45) is 5.92 Å². The van der Waals surface area contributed by atoms with Crippen LogP contribution in [0.5, 0.6) is 5.75 Å². The van der Waals surface area contributed by atoms with Gasteiger partial charge in [-0.3, -0.25) is 4.79 Å². The standard InChI is InChI=1S/C17H23F3N2O3/c1-24-8-9-25-15-4-3-13(17(18,19)20)10-14(15)22-16(23)5-2-12-6-7-21-11-12/h3-4,10,12,21H,2,5-9,11H2,1H3,(H,22,23). The van der Waals surface area contributed by atoms with Crippen molar-refractivity contribution in [1.82, 2.24) is 5.32 Å². The maximum absolute atomic E-state index is 12.9. The molecule has 0 aromatic heterocycles. The second-order valence-electron chi connectivity index (χ2n) is 6.00. The van der Waals surface area contributed by atoms with Crippen LogP contribution in [0.1, 0.15) is 24.8 Å². The normalized spacial score (nSPS) is 17.5. The van der Waals surface area contributed by atoms with Crippen LogP contribution in [0.25, 0.3) is 0 Å². The van der Waals surface area contributed by atoms with Crippen molar-refractivity contribution in [3.8, 4) is 5.75 Å². The molecule has 1 saturated heterocycles. The van der Waals surface area contributed by atoms with Gasteiger partial charge in [-0.05, 0) is 50.0 Å². The van der Waals surface area contributed by atoms with E-state index in [1.807, 2.05) is 0 Å². The summed E-state index contributed by atoms with van der Waals surface area (Å²) in [4.78, 5) is 12.1. The Kier molecular flexibility index (Phi) is 7.07. The van der Waals surface area contributed by atoms with E-state index in [4.69, 9.17) is 9.47 Å². The molecule has 1 aliphatic heterocycles. The summed E-state index contributed by atoms with van der Waals surface area (Å²) < 4.78 is 49.0. The lowest BCUT2D eigenvalue weighted by Gasteiger charge is -2.16. The molecule has 1 amide bonds. The molecule has 140 valence electrons. The van der Waals surface area contributed by atoms with Gasteiger partial charge in [0.25, 0.3) is 0 Å². The minimum absolute atomic E-state index is 0.0282. The van der Waals surface area contributed by atoms with Gasteiger partial charge in [0, 0.05) is 13.5 Å². The quantitative estimate of drug-likeness (QED) is 0.700. The van der Waals surface area contributed by atoms with Crippen molar-refractivity contribution >= 4 is 11.6 Å². The zero-order valence-electron chi connectivity index (χ0n) is 14.1. The molecule has 1 fully saturated rings. The minimum atomic E-state index is -4.49. The molecule has 8 heteroatoms. The Balaban J connectivity index is 2.03. The molecule has 5 nitrogen and oxygen atoms in total. The smallest absolute Gasteiger partial charge is 0.416 e. The molecule has 1 atom stereocenters. The van der Waals surface area contributed by atoms with Crippen LogP contribution in [0.4, 0.5) is 18.9 Å². The van der Waals surface area contributed by atoms with Gasteiger partial charge in [0.2, 0.25) is 5.91 Å². The van der Waals surface area contributed by atoms with Crippen LogP contribution in [0.15, 0.2) is 18.2 Å². The number of alkyl halides is 3. The third-order valence-electron chi connectivity index (χ3n) is 4.07. The molecule has 0 spiro atoms. The number of halogens is 3. The summed E-state index contributed by atoms with van der Waals surface area (Å²) in [7, 11) is 1.50. The Labute approximate surface area is 144 Å². The summed E-state index contributed by atoms with van der Waals surface area (Å²) in [6.07, 6.45) is -2.50. The number of amides is 1. The lowest BCUT2D eigenvalue weighted by molar-refractivity contribution is -0.137. The molecule has 1 unspecified atom stereocenters. The molecule has 0 saturated carbocycles. The predicted molar refractivity (Wildman–Crippen MR) is 87.7 cm³/mol. The maximum atomic E-state index is 12.9. The highest BCUT2D eigenvalue weighted by molar-refractivity contribution is 5.92. The van der Waals surface area contributed by atoms with Crippen LogP contribution >= 0.6 is 0 Å². The molecule has 1 aromatic rings. The SMILES string of the molecule is COCCOc1ccc(C(F)(F)F)cc1NC(=O)CCC1CCNC1. The highest BCUT2D eigenvalue weighted by Gasteiger charge is 2.31. The molecule has 0 radical (unpaired) electrons. The van der Waals surface area contributed by atoms with Gasteiger partial charge >= 0.3 is 6.18 Å². The van der Waals surface area contributed by atoms with E-state index in [0.717, 1.165) is 31.6 Å². The maximum Gasteiger partial charge on any atom is 0.416 e. The Morgan fingerprint density at radius 3 is 2.80 bits per heavy atom. The Hall–Kier alpha value is -1.80. The largest absolute Gasteiger partial charge is 0.489 e. The van der Waals surface area contributed by atoms with E-state index >= 15 is 0 Å². The van der Waals surface area contributed by atoms with Crippen molar-refractivity contribution in [1.29, 1.82) is 0 Å². The van der Waals surface area contributed by atoms with Gasteiger partial charge in [0.05, 0.1) is 17.9 Å². The molecule has 2 rings (SSSR count). The average molecular weight is 360 g/mol. The number of anilines is 1. The number of hydrogen-bond donors (Lipinski definition) is 2. The van der Waals surface area contributed by atoms with Crippen LogP contribution in [-0.4, -0.2) is 39.3 Å². The first-order valence-corrected chi connectivity index (χ1v) is 8.23. The monoisotopic (exact) mass is 360 g/mol. The number of rotatable bonds is 8. The van der Waals surface area contributed by atoms with E-state index < -0.39 is 11.7 Å². The number of methoxy groups -OCH3 is 1. The van der Waals surface area contributed by atoms with Gasteiger partial charge in [0.15, 0.2) is 0 Å². The van der Waals surface area contributed by atoms with Gasteiger partial charge in [0.1, 0.15) is 12.4 Å². The zero-order chi connectivity index (χ0) is 18.3. The van der Waals surface area contributed by atoms with E-state index in [0.29, 0.717) is 18.9 Å².